The van der Waals surface area contributed by atoms with Crippen molar-refractivity contribution in [2.24, 2.45) is 5.41 Å². The third-order valence-electron chi connectivity index (χ3n) is 6.13. The van der Waals surface area contributed by atoms with E-state index < -0.39 is 17.4 Å². The lowest BCUT2D eigenvalue weighted by Crippen LogP contribution is -2.36. The Kier molecular flexibility index (Phi) is 3.68. The zero-order valence-electron chi connectivity index (χ0n) is 15.3. The molecule has 3 aliphatic rings. The maximum absolute atomic E-state index is 11.7. The molecule has 2 saturated heterocycles. The van der Waals surface area contributed by atoms with Gasteiger partial charge in [-0.25, -0.2) is 4.79 Å². The van der Waals surface area contributed by atoms with Crippen LogP contribution < -0.4 is 4.90 Å². The lowest BCUT2D eigenvalue weighted by Gasteiger charge is -2.35. The first-order chi connectivity index (χ1) is 11.7. The zero-order chi connectivity index (χ0) is 17.9. The summed E-state index contributed by atoms with van der Waals surface area (Å²) in [7, 11) is 0. The van der Waals surface area contributed by atoms with Crippen molar-refractivity contribution in [1.29, 1.82) is 0 Å². The van der Waals surface area contributed by atoms with Gasteiger partial charge in [-0.05, 0) is 69.6 Å². The normalized spacial score (nSPS) is 29.8. The van der Waals surface area contributed by atoms with E-state index >= 15 is 0 Å². The van der Waals surface area contributed by atoms with Crippen molar-refractivity contribution in [3.63, 3.8) is 0 Å². The molecule has 2 aliphatic heterocycles. The molecule has 1 unspecified atom stereocenters. The van der Waals surface area contributed by atoms with Crippen LogP contribution in [0, 0.1) is 5.41 Å². The Morgan fingerprint density at radius 3 is 2.32 bits per heavy atom. The van der Waals surface area contributed by atoms with Crippen LogP contribution in [0.1, 0.15) is 62.4 Å². The summed E-state index contributed by atoms with van der Waals surface area (Å²) in [5, 5.41) is 9.63. The number of rotatable bonds is 3. The molecule has 3 fully saturated rings. The Morgan fingerprint density at radius 2 is 1.80 bits per heavy atom. The Labute approximate surface area is 148 Å². The summed E-state index contributed by atoms with van der Waals surface area (Å²) in [6, 6.07) is 5.58. The van der Waals surface area contributed by atoms with Crippen molar-refractivity contribution >= 4 is 11.7 Å². The smallest absolute Gasteiger partial charge is 0.337 e. The van der Waals surface area contributed by atoms with Gasteiger partial charge in [0.2, 0.25) is 0 Å². The summed E-state index contributed by atoms with van der Waals surface area (Å²) in [6.07, 6.45) is 5.01. The fourth-order valence-corrected chi connectivity index (χ4v) is 4.26. The van der Waals surface area contributed by atoms with Crippen molar-refractivity contribution < 1.29 is 19.4 Å². The molecule has 0 radical (unpaired) electrons. The topological polar surface area (TPSA) is 59.0 Å². The number of nitrogens with zero attached hydrogens (tertiary/aromatic N) is 1. The Bertz CT molecular complexity index is 700. The summed E-state index contributed by atoms with van der Waals surface area (Å²) in [4.78, 5) is 14.0. The van der Waals surface area contributed by atoms with E-state index in [9.17, 15) is 9.90 Å². The van der Waals surface area contributed by atoms with Crippen LogP contribution in [0.2, 0.25) is 0 Å². The van der Waals surface area contributed by atoms with E-state index in [1.807, 2.05) is 32.9 Å². The monoisotopic (exact) mass is 345 g/mol. The molecule has 0 aromatic heterocycles. The lowest BCUT2D eigenvalue weighted by atomic mass is 9.91. The van der Waals surface area contributed by atoms with Gasteiger partial charge in [-0.15, -0.1) is 0 Å². The molecule has 4 rings (SSSR count). The van der Waals surface area contributed by atoms with Crippen LogP contribution in [0.25, 0.3) is 0 Å². The van der Waals surface area contributed by atoms with Gasteiger partial charge in [-0.1, -0.05) is 6.07 Å². The minimum absolute atomic E-state index is 0.372. The molecule has 25 heavy (non-hydrogen) atoms. The highest BCUT2D eigenvalue weighted by Crippen LogP contribution is 2.54. The van der Waals surface area contributed by atoms with Gasteiger partial charge in [0.1, 0.15) is 5.60 Å². The molecule has 0 amide bonds. The van der Waals surface area contributed by atoms with Crippen LogP contribution in [0.4, 0.5) is 5.69 Å². The molecule has 1 atom stereocenters. The Balaban J connectivity index is 1.66. The highest BCUT2D eigenvalue weighted by atomic mass is 16.8. The van der Waals surface area contributed by atoms with Crippen LogP contribution in [-0.4, -0.2) is 36.6 Å². The van der Waals surface area contributed by atoms with Gasteiger partial charge in [0.05, 0.1) is 17.9 Å². The molecule has 0 bridgehead atoms. The third-order valence-corrected chi connectivity index (χ3v) is 6.13. The number of benzene rings is 1. The van der Waals surface area contributed by atoms with Crippen LogP contribution in [0.3, 0.4) is 0 Å². The molecule has 1 aliphatic carbocycles. The molecule has 1 N–H and O–H groups in total. The number of carboxylic acids is 1. The Hall–Kier alpha value is -1.59. The first-order valence-corrected chi connectivity index (χ1v) is 9.19. The van der Waals surface area contributed by atoms with Gasteiger partial charge in [0, 0.05) is 13.1 Å². The van der Waals surface area contributed by atoms with E-state index in [0.717, 1.165) is 24.3 Å². The number of carbonyl (C=O) groups is 1. The van der Waals surface area contributed by atoms with Gasteiger partial charge in [-0.2, -0.15) is 0 Å². The maximum atomic E-state index is 11.7. The van der Waals surface area contributed by atoms with Crippen LogP contribution in [0.5, 0.6) is 0 Å². The zero-order valence-corrected chi connectivity index (χ0v) is 15.3. The fraction of sp³-hybridized carbons (Fsp3) is 0.650. The fourth-order valence-electron chi connectivity index (χ4n) is 4.26. The number of hydrogen-bond donors (Lipinski definition) is 1. The van der Waals surface area contributed by atoms with Gasteiger partial charge >= 0.3 is 5.97 Å². The molecule has 1 aromatic carbocycles. The van der Waals surface area contributed by atoms with Crippen LogP contribution >= 0.6 is 0 Å². The maximum Gasteiger partial charge on any atom is 0.337 e. The first-order valence-electron chi connectivity index (χ1n) is 9.19. The van der Waals surface area contributed by atoms with Crippen LogP contribution in [0.15, 0.2) is 18.2 Å². The standard InChI is InChI=1S/C20H27NO4/c1-18(2)24-13-19(3,25-18)14-4-5-15(17(22)23)16(12-14)21-10-8-20(6-7-20)9-11-21/h4-5,12H,6-11,13H2,1-3H3,(H,22,23). The summed E-state index contributed by atoms with van der Waals surface area (Å²) in [5.41, 5.74) is 2.18. The third kappa shape index (κ3) is 3.04. The van der Waals surface area contributed by atoms with Crippen molar-refractivity contribution in [2.75, 3.05) is 24.6 Å². The average molecular weight is 345 g/mol. The highest BCUT2D eigenvalue weighted by Gasteiger charge is 2.46. The Morgan fingerprint density at radius 1 is 1.12 bits per heavy atom. The van der Waals surface area contributed by atoms with E-state index in [1.165, 1.54) is 25.7 Å². The molecular weight excluding hydrogens is 318 g/mol. The van der Waals surface area contributed by atoms with E-state index in [1.54, 1.807) is 6.07 Å². The quantitative estimate of drug-likeness (QED) is 0.904. The minimum Gasteiger partial charge on any atom is -0.478 e. The predicted octanol–water partition coefficient (Wildman–Crippen LogP) is 3.76. The second-order valence-corrected chi connectivity index (χ2v) is 8.55. The van der Waals surface area contributed by atoms with Gasteiger partial charge in [0.25, 0.3) is 0 Å². The number of piperidine rings is 1. The highest BCUT2D eigenvalue weighted by molar-refractivity contribution is 5.94. The number of ether oxygens (including phenoxy) is 2. The summed E-state index contributed by atoms with van der Waals surface area (Å²) in [6.45, 7) is 8.16. The molecule has 1 aromatic rings. The molecule has 5 nitrogen and oxygen atoms in total. The molecular formula is C20H27NO4. The van der Waals surface area contributed by atoms with Crippen molar-refractivity contribution in [1.82, 2.24) is 0 Å². The van der Waals surface area contributed by atoms with Gasteiger partial charge < -0.3 is 19.5 Å². The number of aromatic carboxylic acids is 1. The second kappa shape index (κ2) is 5.45. The van der Waals surface area contributed by atoms with E-state index in [4.69, 9.17) is 9.47 Å². The molecule has 136 valence electrons. The molecule has 5 heteroatoms. The minimum atomic E-state index is -0.873. The lowest BCUT2D eigenvalue weighted by molar-refractivity contribution is -0.159. The number of carboxylic acid groups (broad SMARTS) is 1. The summed E-state index contributed by atoms with van der Waals surface area (Å²) in [5.74, 6) is -1.49. The van der Waals surface area contributed by atoms with Crippen molar-refractivity contribution in [3.05, 3.63) is 29.3 Å². The second-order valence-electron chi connectivity index (χ2n) is 8.55. The average Bonchev–Trinajstić information content (AvgIpc) is 3.24. The van der Waals surface area contributed by atoms with Crippen molar-refractivity contribution in [3.8, 4) is 0 Å². The molecule has 2 heterocycles. The largest absolute Gasteiger partial charge is 0.478 e. The van der Waals surface area contributed by atoms with E-state index in [2.05, 4.69) is 4.90 Å². The molecule has 1 saturated carbocycles. The van der Waals surface area contributed by atoms with E-state index in [-0.39, 0.29) is 0 Å². The summed E-state index contributed by atoms with van der Waals surface area (Å²) >= 11 is 0. The number of hydrogen-bond acceptors (Lipinski definition) is 4. The van der Waals surface area contributed by atoms with Crippen LogP contribution in [-0.2, 0) is 15.1 Å². The van der Waals surface area contributed by atoms with Crippen molar-refractivity contribution in [2.45, 2.75) is 57.8 Å². The first kappa shape index (κ1) is 16.9. The number of anilines is 1. The molecule has 1 spiro atoms. The predicted molar refractivity (Wildman–Crippen MR) is 95.0 cm³/mol. The van der Waals surface area contributed by atoms with E-state index in [0.29, 0.717) is 17.6 Å². The summed E-state index contributed by atoms with van der Waals surface area (Å²) < 4.78 is 11.9. The SMILES string of the molecule is CC1(C)OCC(C)(c2ccc(C(=O)O)c(N3CCC4(CC3)CC4)c2)O1. The van der Waals surface area contributed by atoms with Gasteiger partial charge in [0.15, 0.2) is 5.79 Å². The van der Waals surface area contributed by atoms with Gasteiger partial charge in [-0.3, -0.25) is 0 Å².